The lowest BCUT2D eigenvalue weighted by molar-refractivity contribution is 0.101. The van der Waals surface area contributed by atoms with Crippen molar-refractivity contribution in [1.82, 2.24) is 9.97 Å². The number of hydrogen-bond donors (Lipinski definition) is 1. The Morgan fingerprint density at radius 3 is 2.67 bits per heavy atom. The normalized spacial score (nSPS) is 10.7. The van der Waals surface area contributed by atoms with Crippen LogP contribution in [0.3, 0.4) is 0 Å². The van der Waals surface area contributed by atoms with E-state index in [9.17, 15) is 13.6 Å². The summed E-state index contributed by atoms with van der Waals surface area (Å²) in [6.07, 6.45) is 3.24. The van der Waals surface area contributed by atoms with Crippen LogP contribution < -0.4 is 10.1 Å². The summed E-state index contributed by atoms with van der Waals surface area (Å²) in [5.41, 5.74) is 1.35. The van der Waals surface area contributed by atoms with Gasteiger partial charge in [0.2, 0.25) is 5.88 Å². The number of aromatic nitrogens is 2. The number of nitrogens with zero attached hydrogens (tertiary/aromatic N) is 2. The summed E-state index contributed by atoms with van der Waals surface area (Å²) in [5.74, 6) is -2.15. The van der Waals surface area contributed by atoms with Crippen molar-refractivity contribution < 1.29 is 18.3 Å². The van der Waals surface area contributed by atoms with E-state index >= 15 is 0 Å². The lowest BCUT2D eigenvalue weighted by Crippen LogP contribution is -2.16. The standard InChI is InChI=1S/C19H17F2N3O2S/c1-4-26-15-7-11(3)12(8-22-15)14-9-23-19(27-14)24-18(25)16-13(20)6-5-10(2)17(16)21/h5-9H,4H2,1-3H3,(H,23,24,25). The molecular formula is C19H17F2N3O2S. The van der Waals surface area contributed by atoms with Gasteiger partial charge in [-0.2, -0.15) is 0 Å². The van der Waals surface area contributed by atoms with Crippen molar-refractivity contribution in [3.8, 4) is 16.3 Å². The minimum Gasteiger partial charge on any atom is -0.478 e. The average Bonchev–Trinajstić information content (AvgIpc) is 3.07. The van der Waals surface area contributed by atoms with Crippen molar-refractivity contribution in [2.45, 2.75) is 20.8 Å². The van der Waals surface area contributed by atoms with E-state index in [-0.39, 0.29) is 10.7 Å². The van der Waals surface area contributed by atoms with Crippen molar-refractivity contribution in [3.63, 3.8) is 0 Å². The number of pyridine rings is 1. The molecular weight excluding hydrogens is 372 g/mol. The number of carbonyl (C=O) groups excluding carboxylic acids is 1. The molecule has 0 saturated heterocycles. The Bertz CT molecular complexity index is 1000. The molecule has 0 atom stereocenters. The zero-order valence-corrected chi connectivity index (χ0v) is 15.8. The van der Waals surface area contributed by atoms with Crippen LogP contribution in [-0.4, -0.2) is 22.5 Å². The Morgan fingerprint density at radius 1 is 1.19 bits per heavy atom. The monoisotopic (exact) mass is 389 g/mol. The Balaban J connectivity index is 1.83. The van der Waals surface area contributed by atoms with Gasteiger partial charge in [-0.05, 0) is 38.0 Å². The molecule has 2 heterocycles. The van der Waals surface area contributed by atoms with Crippen LogP contribution in [0.5, 0.6) is 5.88 Å². The van der Waals surface area contributed by atoms with E-state index in [4.69, 9.17) is 4.74 Å². The fraction of sp³-hybridized carbons (Fsp3) is 0.211. The van der Waals surface area contributed by atoms with Crippen molar-refractivity contribution in [3.05, 3.63) is 58.9 Å². The second kappa shape index (κ2) is 7.79. The molecule has 1 amide bonds. The third-order valence-electron chi connectivity index (χ3n) is 3.88. The highest BCUT2D eigenvalue weighted by atomic mass is 32.1. The molecule has 0 unspecified atom stereocenters. The van der Waals surface area contributed by atoms with Gasteiger partial charge in [-0.3, -0.25) is 10.1 Å². The fourth-order valence-corrected chi connectivity index (χ4v) is 3.38. The molecule has 3 rings (SSSR count). The minimum absolute atomic E-state index is 0.192. The van der Waals surface area contributed by atoms with E-state index in [2.05, 4.69) is 15.3 Å². The maximum absolute atomic E-state index is 14.1. The SMILES string of the molecule is CCOc1cc(C)c(-c2cnc(NC(=O)c3c(F)ccc(C)c3F)s2)cn1. The van der Waals surface area contributed by atoms with Gasteiger partial charge in [0.1, 0.15) is 17.2 Å². The van der Waals surface area contributed by atoms with Gasteiger partial charge in [0.05, 0.1) is 11.5 Å². The maximum Gasteiger partial charge on any atom is 0.263 e. The molecule has 8 heteroatoms. The third-order valence-corrected chi connectivity index (χ3v) is 4.83. The highest BCUT2D eigenvalue weighted by Gasteiger charge is 2.20. The number of anilines is 1. The lowest BCUT2D eigenvalue weighted by Gasteiger charge is -2.07. The van der Waals surface area contributed by atoms with Gasteiger partial charge >= 0.3 is 0 Å². The van der Waals surface area contributed by atoms with Crippen molar-refractivity contribution in [2.75, 3.05) is 11.9 Å². The first-order valence-corrected chi connectivity index (χ1v) is 9.04. The Morgan fingerprint density at radius 2 is 1.96 bits per heavy atom. The molecule has 0 radical (unpaired) electrons. The number of amides is 1. The van der Waals surface area contributed by atoms with Gasteiger partial charge < -0.3 is 4.74 Å². The number of hydrogen-bond acceptors (Lipinski definition) is 5. The molecule has 0 aliphatic rings. The summed E-state index contributed by atoms with van der Waals surface area (Å²) in [5, 5.41) is 2.69. The van der Waals surface area contributed by atoms with Gasteiger partial charge in [-0.25, -0.2) is 18.7 Å². The predicted octanol–water partition coefficient (Wildman–Crippen LogP) is 4.75. The van der Waals surface area contributed by atoms with Crippen LogP contribution >= 0.6 is 11.3 Å². The highest BCUT2D eigenvalue weighted by Crippen LogP contribution is 2.32. The summed E-state index contributed by atoms with van der Waals surface area (Å²) >= 11 is 1.19. The minimum atomic E-state index is -0.918. The average molecular weight is 389 g/mol. The van der Waals surface area contributed by atoms with Crippen molar-refractivity contribution >= 4 is 22.4 Å². The number of aryl methyl sites for hydroxylation is 2. The van der Waals surface area contributed by atoms with Crippen molar-refractivity contribution in [2.24, 2.45) is 0 Å². The second-order valence-corrected chi connectivity index (χ2v) is 6.84. The molecule has 0 spiro atoms. The second-order valence-electron chi connectivity index (χ2n) is 5.81. The van der Waals surface area contributed by atoms with E-state index < -0.39 is 23.1 Å². The molecule has 140 valence electrons. The Kier molecular flexibility index (Phi) is 5.46. The number of ether oxygens (including phenoxy) is 1. The van der Waals surface area contributed by atoms with E-state index in [1.54, 1.807) is 12.4 Å². The molecule has 0 bridgehead atoms. The Hall–Kier alpha value is -2.87. The lowest BCUT2D eigenvalue weighted by atomic mass is 10.1. The van der Waals surface area contributed by atoms with Crippen LogP contribution in [0, 0.1) is 25.5 Å². The summed E-state index contributed by atoms with van der Waals surface area (Å²) in [6.45, 7) is 5.78. The summed E-state index contributed by atoms with van der Waals surface area (Å²) in [7, 11) is 0. The first-order chi connectivity index (χ1) is 12.9. The van der Waals surface area contributed by atoms with Gasteiger partial charge in [0, 0.05) is 24.0 Å². The molecule has 3 aromatic rings. The fourth-order valence-electron chi connectivity index (χ4n) is 2.50. The largest absolute Gasteiger partial charge is 0.478 e. The van der Waals surface area contributed by atoms with Crippen LogP contribution in [0.2, 0.25) is 0 Å². The van der Waals surface area contributed by atoms with Gasteiger partial charge in [-0.1, -0.05) is 17.4 Å². The number of carbonyl (C=O) groups is 1. The summed E-state index contributed by atoms with van der Waals surface area (Å²) in [6, 6.07) is 4.16. The predicted molar refractivity (Wildman–Crippen MR) is 100 cm³/mol. The Labute approximate surface area is 159 Å². The zero-order valence-electron chi connectivity index (χ0n) is 15.0. The zero-order chi connectivity index (χ0) is 19.6. The van der Waals surface area contributed by atoms with Gasteiger partial charge in [0.25, 0.3) is 5.91 Å². The molecule has 5 nitrogen and oxygen atoms in total. The van der Waals surface area contributed by atoms with E-state index in [0.717, 1.165) is 22.1 Å². The highest BCUT2D eigenvalue weighted by molar-refractivity contribution is 7.19. The number of thiazole rings is 1. The van der Waals surface area contributed by atoms with Crippen LogP contribution in [0.25, 0.3) is 10.4 Å². The molecule has 0 aliphatic carbocycles. The number of halogens is 2. The van der Waals surface area contributed by atoms with Gasteiger partial charge in [0.15, 0.2) is 5.13 Å². The van der Waals surface area contributed by atoms with Crippen molar-refractivity contribution in [1.29, 1.82) is 0 Å². The molecule has 1 aromatic carbocycles. The number of rotatable bonds is 5. The topological polar surface area (TPSA) is 64.1 Å². The van der Waals surface area contributed by atoms with E-state index in [0.29, 0.717) is 12.5 Å². The van der Waals surface area contributed by atoms with Crippen LogP contribution in [-0.2, 0) is 0 Å². The molecule has 0 fully saturated rings. The van der Waals surface area contributed by atoms with E-state index in [1.165, 1.54) is 24.3 Å². The first-order valence-electron chi connectivity index (χ1n) is 8.22. The van der Waals surface area contributed by atoms with Gasteiger partial charge in [-0.15, -0.1) is 0 Å². The molecule has 0 aliphatic heterocycles. The van der Waals surface area contributed by atoms with E-state index in [1.807, 2.05) is 19.9 Å². The quantitative estimate of drug-likeness (QED) is 0.684. The third kappa shape index (κ3) is 3.95. The molecule has 27 heavy (non-hydrogen) atoms. The van der Waals surface area contributed by atoms with Crippen LogP contribution in [0.1, 0.15) is 28.4 Å². The summed E-state index contributed by atoms with van der Waals surface area (Å²) < 4.78 is 33.3. The summed E-state index contributed by atoms with van der Waals surface area (Å²) in [4.78, 5) is 21.4. The number of benzene rings is 1. The first kappa shape index (κ1) is 18.9. The smallest absolute Gasteiger partial charge is 0.263 e. The van der Waals surface area contributed by atoms with Crippen LogP contribution in [0.4, 0.5) is 13.9 Å². The molecule has 1 N–H and O–H groups in total. The molecule has 0 saturated carbocycles. The number of nitrogens with one attached hydrogen (secondary N) is 1. The van der Waals surface area contributed by atoms with Crippen LogP contribution in [0.15, 0.2) is 30.6 Å². The maximum atomic E-state index is 14.1. The molecule has 2 aromatic heterocycles.